The number of rotatable bonds is 9. The van der Waals surface area contributed by atoms with E-state index in [9.17, 15) is 19.7 Å². The first-order valence-electron chi connectivity index (χ1n) is 10.2. The summed E-state index contributed by atoms with van der Waals surface area (Å²) in [5.41, 5.74) is 1.77. The molecule has 2 aromatic rings. The molecule has 2 aromatic carbocycles. The maximum absolute atomic E-state index is 12.8. The van der Waals surface area contributed by atoms with Gasteiger partial charge in [-0.05, 0) is 43.5 Å². The van der Waals surface area contributed by atoms with Gasteiger partial charge < -0.3 is 20.3 Å². The van der Waals surface area contributed by atoms with Gasteiger partial charge in [-0.15, -0.1) is 0 Å². The molecule has 0 bridgehead atoms. The number of non-ortho nitro benzene ring substituents is 1. The van der Waals surface area contributed by atoms with Gasteiger partial charge >= 0.3 is 0 Å². The Morgan fingerprint density at radius 1 is 1.13 bits per heavy atom. The highest BCUT2D eigenvalue weighted by molar-refractivity contribution is 6.06. The summed E-state index contributed by atoms with van der Waals surface area (Å²) >= 11 is 0. The molecule has 1 saturated heterocycles. The number of hydrogen-bond acceptors (Lipinski definition) is 6. The molecular weight excluding hydrogens is 400 g/mol. The number of benzene rings is 2. The highest BCUT2D eigenvalue weighted by Crippen LogP contribution is 2.28. The lowest BCUT2D eigenvalue weighted by molar-refractivity contribution is -0.384. The molecule has 1 heterocycles. The molecule has 0 atom stereocenters. The van der Waals surface area contributed by atoms with E-state index in [0.717, 1.165) is 31.6 Å². The summed E-state index contributed by atoms with van der Waals surface area (Å²) < 4.78 is 5.01. The molecule has 9 nitrogen and oxygen atoms in total. The predicted molar refractivity (Wildman–Crippen MR) is 118 cm³/mol. The van der Waals surface area contributed by atoms with Crippen LogP contribution in [-0.4, -0.2) is 50.1 Å². The van der Waals surface area contributed by atoms with Gasteiger partial charge in [-0.3, -0.25) is 19.7 Å². The van der Waals surface area contributed by atoms with Gasteiger partial charge in [0.2, 0.25) is 0 Å². The number of nitrogens with zero attached hydrogens (tertiary/aromatic N) is 2. The molecule has 0 aromatic heterocycles. The number of nitrogens with one attached hydrogen (secondary N) is 2. The van der Waals surface area contributed by atoms with Gasteiger partial charge in [0, 0.05) is 62.4 Å². The average Bonchev–Trinajstić information content (AvgIpc) is 3.31. The monoisotopic (exact) mass is 426 g/mol. The normalized spacial score (nSPS) is 13.1. The maximum atomic E-state index is 12.8. The molecule has 9 heteroatoms. The van der Waals surface area contributed by atoms with Gasteiger partial charge in [0.05, 0.1) is 10.5 Å². The Bertz CT molecular complexity index is 957. The second kappa shape index (κ2) is 10.5. The van der Waals surface area contributed by atoms with Crippen LogP contribution in [0.15, 0.2) is 42.5 Å². The summed E-state index contributed by atoms with van der Waals surface area (Å²) in [7, 11) is 1.61. The molecule has 164 valence electrons. The van der Waals surface area contributed by atoms with Gasteiger partial charge in [-0.2, -0.15) is 0 Å². The van der Waals surface area contributed by atoms with Crippen molar-refractivity contribution in [3.05, 3.63) is 63.7 Å². The zero-order valence-electron chi connectivity index (χ0n) is 17.4. The minimum atomic E-state index is -0.548. The van der Waals surface area contributed by atoms with E-state index in [1.54, 1.807) is 19.2 Å². The zero-order chi connectivity index (χ0) is 22.2. The summed E-state index contributed by atoms with van der Waals surface area (Å²) in [5, 5.41) is 16.6. The third-order valence-corrected chi connectivity index (χ3v) is 5.08. The number of hydrogen-bond donors (Lipinski definition) is 2. The van der Waals surface area contributed by atoms with Gasteiger partial charge in [0.1, 0.15) is 0 Å². The van der Waals surface area contributed by atoms with Crippen LogP contribution in [0.1, 0.15) is 40.0 Å². The summed E-state index contributed by atoms with van der Waals surface area (Å²) in [5.74, 6) is -0.700. The second-order valence-electron chi connectivity index (χ2n) is 7.29. The Hall–Kier alpha value is -3.46. The Morgan fingerprint density at radius 2 is 1.90 bits per heavy atom. The number of anilines is 2. The number of amides is 2. The molecule has 2 amide bonds. The first kappa shape index (κ1) is 22.2. The summed E-state index contributed by atoms with van der Waals surface area (Å²) in [6.45, 7) is 2.79. The number of ether oxygens (including phenoxy) is 1. The Balaban J connectivity index is 1.80. The number of carbonyl (C=O) groups excluding carboxylic acids is 2. The van der Waals surface area contributed by atoms with E-state index in [1.165, 1.54) is 24.3 Å². The first-order valence-corrected chi connectivity index (χ1v) is 10.2. The van der Waals surface area contributed by atoms with Crippen LogP contribution in [0, 0.1) is 10.1 Å². The fourth-order valence-electron chi connectivity index (χ4n) is 3.51. The van der Waals surface area contributed by atoms with Crippen molar-refractivity contribution in [1.82, 2.24) is 5.32 Å². The van der Waals surface area contributed by atoms with Crippen molar-refractivity contribution in [2.75, 3.05) is 43.6 Å². The Labute approximate surface area is 180 Å². The van der Waals surface area contributed by atoms with Crippen LogP contribution in [-0.2, 0) is 4.74 Å². The number of nitro groups is 1. The van der Waals surface area contributed by atoms with Crippen molar-refractivity contribution >= 4 is 28.9 Å². The topological polar surface area (TPSA) is 114 Å². The van der Waals surface area contributed by atoms with Gasteiger partial charge in [-0.1, -0.05) is 6.07 Å². The molecule has 0 unspecified atom stereocenters. The van der Waals surface area contributed by atoms with Crippen LogP contribution in [0.4, 0.5) is 17.1 Å². The van der Waals surface area contributed by atoms with Crippen LogP contribution in [0.2, 0.25) is 0 Å². The van der Waals surface area contributed by atoms with Crippen LogP contribution >= 0.6 is 0 Å². The van der Waals surface area contributed by atoms with E-state index in [4.69, 9.17) is 4.74 Å². The van der Waals surface area contributed by atoms with Crippen LogP contribution in [0.25, 0.3) is 0 Å². The van der Waals surface area contributed by atoms with Crippen molar-refractivity contribution in [2.45, 2.75) is 19.3 Å². The second-order valence-corrected chi connectivity index (χ2v) is 7.29. The van der Waals surface area contributed by atoms with E-state index in [-0.39, 0.29) is 17.2 Å². The van der Waals surface area contributed by atoms with Crippen molar-refractivity contribution in [2.24, 2.45) is 0 Å². The fourth-order valence-corrected chi connectivity index (χ4v) is 3.51. The highest BCUT2D eigenvalue weighted by Gasteiger charge is 2.21. The van der Waals surface area contributed by atoms with Crippen molar-refractivity contribution in [3.63, 3.8) is 0 Å². The molecule has 1 aliphatic rings. The third kappa shape index (κ3) is 5.79. The number of carbonyl (C=O) groups is 2. The van der Waals surface area contributed by atoms with Gasteiger partial charge in [0.25, 0.3) is 17.5 Å². The number of methoxy groups -OCH3 is 1. The Morgan fingerprint density at radius 3 is 2.61 bits per heavy atom. The summed E-state index contributed by atoms with van der Waals surface area (Å²) in [4.78, 5) is 38.0. The van der Waals surface area contributed by atoms with Crippen LogP contribution < -0.4 is 15.5 Å². The Kier molecular flexibility index (Phi) is 7.55. The van der Waals surface area contributed by atoms with E-state index in [2.05, 4.69) is 15.5 Å². The smallest absolute Gasteiger partial charge is 0.270 e. The lowest BCUT2D eigenvalue weighted by Gasteiger charge is -2.22. The minimum Gasteiger partial charge on any atom is -0.385 e. The molecule has 1 fully saturated rings. The van der Waals surface area contributed by atoms with E-state index < -0.39 is 10.8 Å². The van der Waals surface area contributed by atoms with E-state index in [0.29, 0.717) is 30.8 Å². The third-order valence-electron chi connectivity index (χ3n) is 5.08. The maximum Gasteiger partial charge on any atom is 0.270 e. The van der Waals surface area contributed by atoms with Gasteiger partial charge in [-0.25, -0.2) is 0 Å². The molecule has 31 heavy (non-hydrogen) atoms. The highest BCUT2D eigenvalue weighted by atomic mass is 16.6. The zero-order valence-corrected chi connectivity index (χ0v) is 17.4. The quantitative estimate of drug-likeness (QED) is 0.362. The molecule has 0 aliphatic carbocycles. The first-order chi connectivity index (χ1) is 15.0. The fraction of sp³-hybridized carbons (Fsp3) is 0.364. The predicted octanol–water partition coefficient (Wildman–Crippen LogP) is 3.21. The van der Waals surface area contributed by atoms with Crippen molar-refractivity contribution in [1.29, 1.82) is 0 Å². The lowest BCUT2D eigenvalue weighted by Crippen LogP contribution is -2.29. The molecule has 1 aliphatic heterocycles. The molecule has 0 radical (unpaired) electrons. The molecule has 0 spiro atoms. The standard InChI is InChI=1S/C22H26N4O5/c1-31-13-5-10-23-22(28)19-15-17(8-9-20(19)25-11-2-3-12-25)24-21(27)16-6-4-7-18(14-16)26(29)30/h4,6-9,14-15H,2-3,5,10-13H2,1H3,(H,23,28)(H,24,27). The van der Waals surface area contributed by atoms with Crippen LogP contribution in [0.3, 0.4) is 0 Å². The number of nitro benzene ring substituents is 1. The average molecular weight is 426 g/mol. The van der Waals surface area contributed by atoms with Crippen molar-refractivity contribution < 1.29 is 19.2 Å². The van der Waals surface area contributed by atoms with E-state index >= 15 is 0 Å². The van der Waals surface area contributed by atoms with Crippen LogP contribution in [0.5, 0.6) is 0 Å². The summed E-state index contributed by atoms with van der Waals surface area (Å²) in [6.07, 6.45) is 2.84. The van der Waals surface area contributed by atoms with E-state index in [1.807, 2.05) is 6.07 Å². The van der Waals surface area contributed by atoms with Gasteiger partial charge in [0.15, 0.2) is 0 Å². The molecule has 3 rings (SSSR count). The molecular formula is C22H26N4O5. The molecule has 0 saturated carbocycles. The van der Waals surface area contributed by atoms with Crippen molar-refractivity contribution in [3.8, 4) is 0 Å². The SMILES string of the molecule is COCCCNC(=O)c1cc(NC(=O)c2cccc([N+](=O)[O-])c2)ccc1N1CCCC1. The lowest BCUT2D eigenvalue weighted by atomic mass is 10.1. The minimum absolute atomic E-state index is 0.159. The summed E-state index contributed by atoms with van der Waals surface area (Å²) in [6, 6.07) is 10.7. The largest absolute Gasteiger partial charge is 0.385 e. The molecule has 2 N–H and O–H groups in total.